The summed E-state index contributed by atoms with van der Waals surface area (Å²) in [6.07, 6.45) is 1.46. The van der Waals surface area contributed by atoms with Crippen LogP contribution in [0.15, 0.2) is 30.0 Å². The van der Waals surface area contributed by atoms with E-state index in [4.69, 9.17) is 9.47 Å². The van der Waals surface area contributed by atoms with Gasteiger partial charge in [0.1, 0.15) is 11.6 Å². The molecule has 0 unspecified atom stereocenters. The number of ketones is 1. The Hall–Kier alpha value is -3.46. The standard InChI is InChI=1S/C23H28N4O5/c1-13-16(12-24-14(2)25-13)21(28)19-20(15-7-8-17(31-5)18(11-15)32-6)27(10-9-26(3)4)23(30)22(19)29/h7-8,11-12,20,28H,9-10H2,1-6H3/t20-/m0/s1. The molecule has 0 bridgehead atoms. The normalized spacial score (nSPS) is 17.8. The summed E-state index contributed by atoms with van der Waals surface area (Å²) in [4.78, 5) is 37.9. The van der Waals surface area contributed by atoms with E-state index in [9.17, 15) is 14.7 Å². The Kier molecular flexibility index (Phi) is 6.78. The van der Waals surface area contributed by atoms with Crippen LogP contribution in [-0.4, -0.2) is 78.0 Å². The van der Waals surface area contributed by atoms with Crippen molar-refractivity contribution < 1.29 is 24.2 Å². The van der Waals surface area contributed by atoms with Gasteiger partial charge in [-0.25, -0.2) is 9.97 Å². The van der Waals surface area contributed by atoms with Crippen molar-refractivity contribution in [2.75, 3.05) is 41.4 Å². The number of hydrogen-bond acceptors (Lipinski definition) is 8. The Morgan fingerprint density at radius 1 is 1.16 bits per heavy atom. The van der Waals surface area contributed by atoms with Gasteiger partial charge in [0.05, 0.1) is 37.1 Å². The third kappa shape index (κ3) is 4.29. The second kappa shape index (κ2) is 9.35. The van der Waals surface area contributed by atoms with E-state index >= 15 is 0 Å². The SMILES string of the molecule is COc1ccc([C@H]2C(=C(O)c3cnc(C)nc3C)C(=O)C(=O)N2CCN(C)C)cc1OC. The number of hydrogen-bond donors (Lipinski definition) is 1. The van der Waals surface area contributed by atoms with Crippen molar-refractivity contribution in [3.8, 4) is 11.5 Å². The maximum atomic E-state index is 13.1. The van der Waals surface area contributed by atoms with E-state index in [2.05, 4.69) is 9.97 Å². The van der Waals surface area contributed by atoms with Crippen molar-refractivity contribution in [2.24, 2.45) is 0 Å². The predicted octanol–water partition coefficient (Wildman–Crippen LogP) is 2.09. The van der Waals surface area contributed by atoms with Gasteiger partial charge in [0, 0.05) is 19.3 Å². The molecule has 1 N–H and O–H groups in total. The molecule has 170 valence electrons. The number of rotatable bonds is 7. The summed E-state index contributed by atoms with van der Waals surface area (Å²) in [5.74, 6) is -0.197. The number of aliphatic hydroxyl groups excluding tert-OH is 1. The summed E-state index contributed by atoms with van der Waals surface area (Å²) in [5.41, 5.74) is 1.44. The minimum Gasteiger partial charge on any atom is -0.507 e. The fourth-order valence-corrected chi connectivity index (χ4v) is 3.75. The number of aromatic nitrogens is 2. The average Bonchev–Trinajstić information content (AvgIpc) is 3.01. The van der Waals surface area contributed by atoms with Crippen molar-refractivity contribution in [3.63, 3.8) is 0 Å². The lowest BCUT2D eigenvalue weighted by Gasteiger charge is -2.27. The largest absolute Gasteiger partial charge is 0.507 e. The molecule has 9 nitrogen and oxygen atoms in total. The highest BCUT2D eigenvalue weighted by atomic mass is 16.5. The lowest BCUT2D eigenvalue weighted by atomic mass is 9.95. The molecule has 0 radical (unpaired) electrons. The molecular formula is C23H28N4O5. The number of carbonyl (C=O) groups excluding carboxylic acids is 2. The molecule has 1 amide bonds. The molecule has 1 aromatic heterocycles. The number of ether oxygens (including phenoxy) is 2. The van der Waals surface area contributed by atoms with E-state index in [0.717, 1.165) is 0 Å². The summed E-state index contributed by atoms with van der Waals surface area (Å²) < 4.78 is 10.7. The zero-order valence-corrected chi connectivity index (χ0v) is 19.2. The maximum Gasteiger partial charge on any atom is 0.295 e. The Bertz CT molecular complexity index is 1080. The number of Topliss-reactive ketones (excluding diaryl/α,β-unsaturated/α-hetero) is 1. The van der Waals surface area contributed by atoms with Gasteiger partial charge in [-0.15, -0.1) is 0 Å². The van der Waals surface area contributed by atoms with Gasteiger partial charge in [0.15, 0.2) is 11.5 Å². The van der Waals surface area contributed by atoms with Crippen molar-refractivity contribution in [1.82, 2.24) is 19.8 Å². The monoisotopic (exact) mass is 440 g/mol. The van der Waals surface area contributed by atoms with Gasteiger partial charge in [-0.3, -0.25) is 9.59 Å². The number of aliphatic hydroxyl groups is 1. The zero-order valence-electron chi connectivity index (χ0n) is 19.2. The Morgan fingerprint density at radius 3 is 2.44 bits per heavy atom. The maximum absolute atomic E-state index is 13.1. The molecule has 0 saturated carbocycles. The molecule has 1 fully saturated rings. The van der Waals surface area contributed by atoms with Gasteiger partial charge in [-0.05, 0) is 45.6 Å². The van der Waals surface area contributed by atoms with Crippen LogP contribution in [0.4, 0.5) is 0 Å². The summed E-state index contributed by atoms with van der Waals surface area (Å²) in [7, 11) is 6.81. The van der Waals surface area contributed by atoms with Gasteiger partial charge in [-0.2, -0.15) is 0 Å². The van der Waals surface area contributed by atoms with Gasteiger partial charge < -0.3 is 24.4 Å². The lowest BCUT2D eigenvalue weighted by Crippen LogP contribution is -2.35. The van der Waals surface area contributed by atoms with E-state index in [1.165, 1.54) is 25.3 Å². The van der Waals surface area contributed by atoms with E-state index < -0.39 is 17.7 Å². The van der Waals surface area contributed by atoms with Crippen LogP contribution >= 0.6 is 0 Å². The first-order chi connectivity index (χ1) is 15.2. The summed E-state index contributed by atoms with van der Waals surface area (Å²) >= 11 is 0. The van der Waals surface area contributed by atoms with Crippen LogP contribution in [0.5, 0.6) is 11.5 Å². The number of likely N-dealkylation sites (N-methyl/N-ethyl adjacent to an activating group) is 1. The Balaban J connectivity index is 2.21. The molecule has 1 aromatic carbocycles. The highest BCUT2D eigenvalue weighted by molar-refractivity contribution is 6.46. The minimum absolute atomic E-state index is 0.00321. The van der Waals surface area contributed by atoms with Crippen LogP contribution in [0.3, 0.4) is 0 Å². The molecule has 1 aliphatic heterocycles. The molecule has 1 saturated heterocycles. The van der Waals surface area contributed by atoms with E-state index in [0.29, 0.717) is 47.2 Å². The first-order valence-electron chi connectivity index (χ1n) is 10.1. The molecule has 32 heavy (non-hydrogen) atoms. The van der Waals surface area contributed by atoms with Crippen molar-refractivity contribution in [1.29, 1.82) is 0 Å². The fourth-order valence-electron chi connectivity index (χ4n) is 3.75. The average molecular weight is 441 g/mol. The van der Waals surface area contributed by atoms with Gasteiger partial charge in [-0.1, -0.05) is 6.07 Å². The molecule has 1 atom stereocenters. The molecule has 0 aliphatic carbocycles. The Morgan fingerprint density at radius 2 is 1.84 bits per heavy atom. The number of benzene rings is 1. The second-order valence-electron chi connectivity index (χ2n) is 7.83. The van der Waals surface area contributed by atoms with Crippen LogP contribution in [-0.2, 0) is 9.59 Å². The first kappa shape index (κ1) is 23.2. The second-order valence-corrected chi connectivity index (χ2v) is 7.83. The van der Waals surface area contributed by atoms with Crippen molar-refractivity contribution in [3.05, 3.63) is 52.6 Å². The number of carbonyl (C=O) groups is 2. The Labute approximate surface area is 187 Å². The zero-order chi connectivity index (χ0) is 23.6. The molecule has 2 heterocycles. The van der Waals surface area contributed by atoms with Crippen LogP contribution in [0, 0.1) is 13.8 Å². The number of amides is 1. The van der Waals surface area contributed by atoms with Crippen LogP contribution in [0.2, 0.25) is 0 Å². The molecule has 9 heteroatoms. The predicted molar refractivity (Wildman–Crippen MR) is 119 cm³/mol. The number of nitrogens with zero attached hydrogens (tertiary/aromatic N) is 4. The molecule has 3 rings (SSSR count). The van der Waals surface area contributed by atoms with Gasteiger partial charge in [0.25, 0.3) is 11.7 Å². The minimum atomic E-state index is -0.796. The third-order valence-electron chi connectivity index (χ3n) is 5.41. The highest BCUT2D eigenvalue weighted by Gasteiger charge is 2.46. The third-order valence-corrected chi connectivity index (χ3v) is 5.41. The van der Waals surface area contributed by atoms with Crippen molar-refractivity contribution in [2.45, 2.75) is 19.9 Å². The molecule has 2 aromatic rings. The summed E-state index contributed by atoms with van der Waals surface area (Å²) in [6, 6.07) is 4.38. The smallest absolute Gasteiger partial charge is 0.295 e. The van der Waals surface area contributed by atoms with Gasteiger partial charge in [0.2, 0.25) is 0 Å². The quantitative estimate of drug-likeness (QED) is 0.396. The van der Waals surface area contributed by atoms with Gasteiger partial charge >= 0.3 is 0 Å². The number of likely N-dealkylation sites (tertiary alicyclic amines) is 1. The van der Waals surface area contributed by atoms with Crippen LogP contribution < -0.4 is 9.47 Å². The topological polar surface area (TPSA) is 105 Å². The van der Waals surface area contributed by atoms with E-state index in [1.807, 2.05) is 19.0 Å². The summed E-state index contributed by atoms with van der Waals surface area (Å²) in [5, 5.41) is 11.2. The van der Waals surface area contributed by atoms with E-state index in [1.54, 1.807) is 32.0 Å². The van der Waals surface area contributed by atoms with Crippen molar-refractivity contribution >= 4 is 17.4 Å². The molecule has 0 spiro atoms. The lowest BCUT2D eigenvalue weighted by molar-refractivity contribution is -0.140. The van der Waals surface area contributed by atoms with Crippen LogP contribution in [0.1, 0.15) is 28.7 Å². The fraction of sp³-hybridized carbons (Fsp3) is 0.391. The number of methoxy groups -OCH3 is 2. The highest BCUT2D eigenvalue weighted by Crippen LogP contribution is 2.42. The van der Waals surface area contributed by atoms with Crippen LogP contribution in [0.25, 0.3) is 5.76 Å². The van der Waals surface area contributed by atoms with E-state index in [-0.39, 0.29) is 11.3 Å². The number of aryl methyl sites for hydroxylation is 2. The molecular weight excluding hydrogens is 412 g/mol. The summed E-state index contributed by atoms with van der Waals surface area (Å²) in [6.45, 7) is 4.30. The molecule has 1 aliphatic rings. The first-order valence-corrected chi connectivity index (χ1v) is 10.1.